The molecule has 2 heterocycles. The number of likely N-dealkylation sites (N-methyl/N-ethyl adjacent to an activating group) is 1. The molecular formula is C14H20N2. The van der Waals surface area contributed by atoms with Gasteiger partial charge in [-0.2, -0.15) is 0 Å². The van der Waals surface area contributed by atoms with Crippen molar-refractivity contribution in [3.63, 3.8) is 0 Å². The lowest BCUT2D eigenvalue weighted by atomic mass is 9.96. The molecule has 2 aliphatic rings. The van der Waals surface area contributed by atoms with Crippen molar-refractivity contribution >= 4 is 5.69 Å². The summed E-state index contributed by atoms with van der Waals surface area (Å²) in [5, 5.41) is 3.45. The summed E-state index contributed by atoms with van der Waals surface area (Å²) < 4.78 is 0. The maximum absolute atomic E-state index is 3.45. The molecule has 2 nitrogen and oxygen atoms in total. The molecular weight excluding hydrogens is 196 g/mol. The zero-order valence-electron chi connectivity index (χ0n) is 10.00. The number of fused-ring (bicyclic) bond motifs is 1. The molecule has 2 heteroatoms. The fourth-order valence-corrected chi connectivity index (χ4v) is 3.01. The summed E-state index contributed by atoms with van der Waals surface area (Å²) in [6, 6.07) is 7.12. The van der Waals surface area contributed by atoms with Gasteiger partial charge in [0, 0.05) is 25.3 Å². The Morgan fingerprint density at radius 2 is 2.38 bits per heavy atom. The second-order valence-corrected chi connectivity index (χ2v) is 4.91. The van der Waals surface area contributed by atoms with Crippen LogP contribution in [0.3, 0.4) is 0 Å². The lowest BCUT2D eigenvalue weighted by Gasteiger charge is -2.17. The highest BCUT2D eigenvalue weighted by atomic mass is 15.1. The van der Waals surface area contributed by atoms with E-state index in [1.54, 1.807) is 11.1 Å². The van der Waals surface area contributed by atoms with Crippen LogP contribution in [0.2, 0.25) is 0 Å². The first kappa shape index (κ1) is 10.2. The van der Waals surface area contributed by atoms with Crippen molar-refractivity contribution < 1.29 is 0 Å². The minimum Gasteiger partial charge on any atom is -0.371 e. The minimum atomic E-state index is 0.751. The number of hydrogen-bond donors (Lipinski definition) is 1. The highest BCUT2D eigenvalue weighted by Crippen LogP contribution is 2.32. The standard InChI is InChI=1S/C14H20N2/c1-2-16-8-6-12-9-11(3-4-14(12)16)13-5-7-15-10-13/h3-4,9,13,15H,2,5-8,10H2,1H3. The van der Waals surface area contributed by atoms with Gasteiger partial charge in [-0.3, -0.25) is 0 Å². The van der Waals surface area contributed by atoms with Crippen LogP contribution in [0, 0.1) is 0 Å². The SMILES string of the molecule is CCN1CCc2cc(C3CCNC3)ccc21. The molecule has 1 fully saturated rings. The van der Waals surface area contributed by atoms with Crippen molar-refractivity contribution in [2.75, 3.05) is 31.1 Å². The van der Waals surface area contributed by atoms with Gasteiger partial charge in [0.2, 0.25) is 0 Å². The van der Waals surface area contributed by atoms with Crippen molar-refractivity contribution in [2.24, 2.45) is 0 Å². The molecule has 0 aromatic heterocycles. The fraction of sp³-hybridized carbons (Fsp3) is 0.571. The van der Waals surface area contributed by atoms with Crippen LogP contribution in [0.5, 0.6) is 0 Å². The van der Waals surface area contributed by atoms with Gasteiger partial charge in [-0.15, -0.1) is 0 Å². The van der Waals surface area contributed by atoms with E-state index in [0.29, 0.717) is 0 Å². The van der Waals surface area contributed by atoms with Gasteiger partial charge >= 0.3 is 0 Å². The second kappa shape index (κ2) is 4.10. The molecule has 0 saturated carbocycles. The average Bonchev–Trinajstić information content (AvgIpc) is 2.97. The number of anilines is 1. The highest BCUT2D eigenvalue weighted by molar-refractivity contribution is 5.59. The molecule has 0 amide bonds. The van der Waals surface area contributed by atoms with Crippen molar-refractivity contribution in [2.45, 2.75) is 25.7 Å². The molecule has 0 spiro atoms. The summed E-state index contributed by atoms with van der Waals surface area (Å²) >= 11 is 0. The lowest BCUT2D eigenvalue weighted by Crippen LogP contribution is -2.19. The third-order valence-electron chi connectivity index (χ3n) is 4.01. The summed E-state index contributed by atoms with van der Waals surface area (Å²) in [7, 11) is 0. The quantitative estimate of drug-likeness (QED) is 0.815. The van der Waals surface area contributed by atoms with Gasteiger partial charge in [-0.25, -0.2) is 0 Å². The molecule has 1 aromatic rings. The van der Waals surface area contributed by atoms with E-state index < -0.39 is 0 Å². The van der Waals surface area contributed by atoms with Crippen molar-refractivity contribution in [3.8, 4) is 0 Å². The molecule has 1 saturated heterocycles. The predicted octanol–water partition coefficient (Wildman–Crippen LogP) is 2.15. The molecule has 1 unspecified atom stereocenters. The monoisotopic (exact) mass is 216 g/mol. The molecule has 1 atom stereocenters. The van der Waals surface area contributed by atoms with Gasteiger partial charge in [0.25, 0.3) is 0 Å². The third kappa shape index (κ3) is 1.61. The lowest BCUT2D eigenvalue weighted by molar-refractivity contribution is 0.762. The smallest absolute Gasteiger partial charge is 0.0399 e. The molecule has 0 bridgehead atoms. The Kier molecular flexibility index (Phi) is 2.60. The van der Waals surface area contributed by atoms with Crippen LogP contribution >= 0.6 is 0 Å². The first-order chi connectivity index (χ1) is 7.88. The summed E-state index contributed by atoms with van der Waals surface area (Å²) in [5.74, 6) is 0.751. The van der Waals surface area contributed by atoms with Crippen molar-refractivity contribution in [1.82, 2.24) is 5.32 Å². The number of benzene rings is 1. The Morgan fingerprint density at radius 1 is 1.44 bits per heavy atom. The van der Waals surface area contributed by atoms with E-state index in [1.165, 1.54) is 31.6 Å². The highest BCUT2D eigenvalue weighted by Gasteiger charge is 2.21. The molecule has 1 N–H and O–H groups in total. The van der Waals surface area contributed by atoms with E-state index in [0.717, 1.165) is 19.0 Å². The average molecular weight is 216 g/mol. The molecule has 0 radical (unpaired) electrons. The second-order valence-electron chi connectivity index (χ2n) is 4.91. The predicted molar refractivity (Wildman–Crippen MR) is 68.3 cm³/mol. The van der Waals surface area contributed by atoms with Crippen LogP contribution in [0.1, 0.15) is 30.4 Å². The van der Waals surface area contributed by atoms with Crippen LogP contribution in [-0.2, 0) is 6.42 Å². The Balaban J connectivity index is 1.88. The van der Waals surface area contributed by atoms with E-state index in [2.05, 4.69) is 35.3 Å². The minimum absolute atomic E-state index is 0.751. The van der Waals surface area contributed by atoms with E-state index in [4.69, 9.17) is 0 Å². The van der Waals surface area contributed by atoms with Crippen molar-refractivity contribution in [1.29, 1.82) is 0 Å². The van der Waals surface area contributed by atoms with Gasteiger partial charge in [0.15, 0.2) is 0 Å². The number of nitrogens with one attached hydrogen (secondary N) is 1. The van der Waals surface area contributed by atoms with Gasteiger partial charge in [0.1, 0.15) is 0 Å². The van der Waals surface area contributed by atoms with Gasteiger partial charge in [-0.1, -0.05) is 12.1 Å². The first-order valence-corrected chi connectivity index (χ1v) is 6.47. The number of hydrogen-bond acceptors (Lipinski definition) is 2. The summed E-state index contributed by atoms with van der Waals surface area (Å²) in [6.07, 6.45) is 2.54. The van der Waals surface area contributed by atoms with Gasteiger partial charge in [-0.05, 0) is 49.4 Å². The summed E-state index contributed by atoms with van der Waals surface area (Å²) in [5.41, 5.74) is 4.57. The topological polar surface area (TPSA) is 15.3 Å². The van der Waals surface area contributed by atoms with Gasteiger partial charge < -0.3 is 10.2 Å². The molecule has 1 aromatic carbocycles. The van der Waals surface area contributed by atoms with Crippen molar-refractivity contribution in [3.05, 3.63) is 29.3 Å². The normalized spacial score (nSPS) is 23.8. The Hall–Kier alpha value is -1.02. The van der Waals surface area contributed by atoms with Crippen LogP contribution in [0.25, 0.3) is 0 Å². The Labute approximate surface area is 97.6 Å². The Morgan fingerprint density at radius 3 is 3.12 bits per heavy atom. The fourth-order valence-electron chi connectivity index (χ4n) is 3.01. The molecule has 2 aliphatic heterocycles. The number of rotatable bonds is 2. The maximum atomic E-state index is 3.45. The van der Waals surface area contributed by atoms with E-state index in [9.17, 15) is 0 Å². The van der Waals surface area contributed by atoms with E-state index >= 15 is 0 Å². The summed E-state index contributed by atoms with van der Waals surface area (Å²) in [6.45, 7) is 6.93. The Bertz CT molecular complexity index is 380. The zero-order chi connectivity index (χ0) is 11.0. The van der Waals surface area contributed by atoms with E-state index in [-0.39, 0.29) is 0 Å². The van der Waals surface area contributed by atoms with Crippen LogP contribution in [0.15, 0.2) is 18.2 Å². The molecule has 16 heavy (non-hydrogen) atoms. The molecule has 0 aliphatic carbocycles. The van der Waals surface area contributed by atoms with Gasteiger partial charge in [0.05, 0.1) is 0 Å². The zero-order valence-corrected chi connectivity index (χ0v) is 10.00. The van der Waals surface area contributed by atoms with Crippen LogP contribution < -0.4 is 10.2 Å². The van der Waals surface area contributed by atoms with Crippen LogP contribution in [0.4, 0.5) is 5.69 Å². The molecule has 86 valence electrons. The largest absolute Gasteiger partial charge is 0.371 e. The van der Waals surface area contributed by atoms with E-state index in [1.807, 2.05) is 0 Å². The maximum Gasteiger partial charge on any atom is 0.0399 e. The number of nitrogens with zero attached hydrogens (tertiary/aromatic N) is 1. The third-order valence-corrected chi connectivity index (χ3v) is 4.01. The van der Waals surface area contributed by atoms with Crippen LogP contribution in [-0.4, -0.2) is 26.2 Å². The summed E-state index contributed by atoms with van der Waals surface area (Å²) in [4.78, 5) is 2.48. The molecule has 3 rings (SSSR count). The first-order valence-electron chi connectivity index (χ1n) is 6.47.